The molecule has 2 rings (SSSR count). The second kappa shape index (κ2) is 11.8. The molecule has 202 valence electrons. The lowest BCUT2D eigenvalue weighted by molar-refractivity contribution is -0.147. The van der Waals surface area contributed by atoms with Crippen molar-refractivity contribution >= 4 is 23.6 Å². The van der Waals surface area contributed by atoms with Gasteiger partial charge in [-0.05, 0) is 78.5 Å². The topological polar surface area (TPSA) is 87.7 Å². The van der Waals surface area contributed by atoms with Crippen molar-refractivity contribution in [2.24, 2.45) is 5.92 Å². The highest BCUT2D eigenvalue weighted by Crippen LogP contribution is 2.32. The minimum absolute atomic E-state index is 0.247. The Balaban J connectivity index is 2.58. The summed E-state index contributed by atoms with van der Waals surface area (Å²) >= 11 is 0. The molecule has 2 aromatic carbocycles. The minimum atomic E-state index is -0.936. The van der Waals surface area contributed by atoms with Crippen molar-refractivity contribution in [3.05, 3.63) is 65.2 Å². The van der Waals surface area contributed by atoms with E-state index in [-0.39, 0.29) is 17.7 Å². The van der Waals surface area contributed by atoms with Crippen molar-refractivity contribution in [2.45, 2.75) is 92.5 Å². The van der Waals surface area contributed by atoms with Crippen molar-refractivity contribution in [3.63, 3.8) is 0 Å². The van der Waals surface area contributed by atoms with E-state index < -0.39 is 29.3 Å². The van der Waals surface area contributed by atoms with Crippen molar-refractivity contribution in [3.8, 4) is 0 Å². The number of aryl methyl sites for hydroxylation is 2. The Bertz CT molecular complexity index is 1100. The second-order valence-corrected chi connectivity index (χ2v) is 11.9. The van der Waals surface area contributed by atoms with Gasteiger partial charge in [0.15, 0.2) is 0 Å². The van der Waals surface area contributed by atoms with Crippen LogP contribution in [0.2, 0.25) is 0 Å². The lowest BCUT2D eigenvalue weighted by Gasteiger charge is -2.43. The van der Waals surface area contributed by atoms with Crippen LogP contribution in [0.3, 0.4) is 0 Å². The minimum Gasteiger partial charge on any atom is -0.444 e. The number of alkyl carbamates (subject to hydrolysis) is 1. The van der Waals surface area contributed by atoms with E-state index >= 15 is 0 Å². The maximum Gasteiger partial charge on any atom is 0.408 e. The molecule has 0 aliphatic carbocycles. The highest BCUT2D eigenvalue weighted by Gasteiger charge is 2.42. The third-order valence-electron chi connectivity index (χ3n) is 5.87. The van der Waals surface area contributed by atoms with Crippen LogP contribution < -0.4 is 10.6 Å². The van der Waals surface area contributed by atoms with E-state index in [1.807, 2.05) is 97.0 Å². The van der Waals surface area contributed by atoms with E-state index in [9.17, 15) is 14.4 Å². The summed E-state index contributed by atoms with van der Waals surface area (Å²) in [5, 5.41) is 5.78. The molecular weight excluding hydrogens is 466 g/mol. The quantitative estimate of drug-likeness (QED) is 0.468. The van der Waals surface area contributed by atoms with Gasteiger partial charge in [-0.2, -0.15) is 0 Å². The number of hydrogen-bond acceptors (Lipinski definition) is 4. The van der Waals surface area contributed by atoms with Crippen LogP contribution in [0.25, 0.3) is 0 Å². The first-order valence-corrected chi connectivity index (χ1v) is 12.8. The third kappa shape index (κ3) is 8.34. The van der Waals surface area contributed by atoms with Gasteiger partial charge in [-0.3, -0.25) is 9.59 Å². The Morgan fingerprint density at radius 3 is 1.92 bits per heavy atom. The number of rotatable bonds is 7. The van der Waals surface area contributed by atoms with Crippen LogP contribution in [0.5, 0.6) is 0 Å². The Morgan fingerprint density at radius 2 is 1.43 bits per heavy atom. The Hall–Kier alpha value is -3.35. The molecular formula is C30H43N3O4. The van der Waals surface area contributed by atoms with Gasteiger partial charge in [0.05, 0.1) is 0 Å². The second-order valence-electron chi connectivity index (χ2n) is 11.9. The maximum absolute atomic E-state index is 14.2. The molecule has 37 heavy (non-hydrogen) atoms. The first-order valence-electron chi connectivity index (χ1n) is 12.8. The smallest absolute Gasteiger partial charge is 0.408 e. The number of carbonyl (C=O) groups excluding carboxylic acids is 3. The average Bonchev–Trinajstić information content (AvgIpc) is 2.75. The average molecular weight is 510 g/mol. The molecule has 0 fully saturated rings. The van der Waals surface area contributed by atoms with Gasteiger partial charge in [-0.15, -0.1) is 0 Å². The van der Waals surface area contributed by atoms with E-state index in [4.69, 9.17) is 4.74 Å². The number of nitrogens with zero attached hydrogens (tertiary/aromatic N) is 1. The standard InChI is InChI=1S/C30H43N3O4/c1-19(2)24(32-28(36)37-30(8,9)10)27(35)33(29(5,6)7)25(22-17-15-20(3)16-18-22)26(34)31-23-14-12-11-13-21(23)4/h11-19,24-25H,1-10H3,(H,31,34)(H,32,36). The number of carbonyl (C=O) groups is 3. The summed E-state index contributed by atoms with van der Waals surface area (Å²) < 4.78 is 5.43. The van der Waals surface area contributed by atoms with Crippen molar-refractivity contribution < 1.29 is 19.1 Å². The SMILES string of the molecule is Cc1ccc(C(C(=O)Nc2ccccc2C)N(C(=O)C(NC(=O)OC(C)(C)C)C(C)C)C(C)(C)C)cc1. The number of nitrogens with one attached hydrogen (secondary N) is 2. The zero-order valence-electron chi connectivity index (χ0n) is 23.9. The van der Waals surface area contributed by atoms with Crippen molar-refractivity contribution in [2.75, 3.05) is 5.32 Å². The van der Waals surface area contributed by atoms with Crippen LogP contribution in [0.1, 0.15) is 78.1 Å². The van der Waals surface area contributed by atoms with E-state index in [1.165, 1.54) is 0 Å². The molecule has 0 heterocycles. The fourth-order valence-corrected chi connectivity index (χ4v) is 4.02. The lowest BCUT2D eigenvalue weighted by Crippen LogP contribution is -2.59. The number of amides is 3. The largest absolute Gasteiger partial charge is 0.444 e. The molecule has 2 aromatic rings. The van der Waals surface area contributed by atoms with E-state index in [1.54, 1.807) is 25.7 Å². The fraction of sp³-hybridized carbons (Fsp3) is 0.500. The maximum atomic E-state index is 14.2. The molecule has 2 unspecified atom stereocenters. The van der Waals surface area contributed by atoms with Gasteiger partial charge in [-0.25, -0.2) is 4.79 Å². The lowest BCUT2D eigenvalue weighted by atomic mass is 9.92. The molecule has 0 bridgehead atoms. The van der Waals surface area contributed by atoms with Gasteiger partial charge in [0, 0.05) is 11.2 Å². The summed E-state index contributed by atoms with van der Waals surface area (Å²) in [5.41, 5.74) is 1.85. The number of benzene rings is 2. The third-order valence-corrected chi connectivity index (χ3v) is 5.87. The Kier molecular flexibility index (Phi) is 9.53. The molecule has 0 saturated heterocycles. The molecule has 0 spiro atoms. The predicted molar refractivity (Wildman–Crippen MR) is 148 cm³/mol. The molecule has 0 saturated carbocycles. The molecule has 0 aliphatic rings. The van der Waals surface area contributed by atoms with Gasteiger partial charge in [0.2, 0.25) is 5.91 Å². The van der Waals surface area contributed by atoms with Gasteiger partial charge in [0.25, 0.3) is 5.91 Å². The molecule has 7 heteroatoms. The number of anilines is 1. The Morgan fingerprint density at radius 1 is 0.865 bits per heavy atom. The van der Waals surface area contributed by atoms with E-state index in [2.05, 4.69) is 10.6 Å². The highest BCUT2D eigenvalue weighted by atomic mass is 16.6. The molecule has 0 aromatic heterocycles. The summed E-state index contributed by atoms with van der Waals surface area (Å²) in [6.45, 7) is 18.6. The molecule has 7 nitrogen and oxygen atoms in total. The normalized spacial score (nSPS) is 13.5. The van der Waals surface area contributed by atoms with E-state index in [0.717, 1.165) is 11.1 Å². The zero-order chi connectivity index (χ0) is 28.1. The number of para-hydroxylation sites is 1. The van der Waals surface area contributed by atoms with Gasteiger partial charge in [-0.1, -0.05) is 61.9 Å². The fourth-order valence-electron chi connectivity index (χ4n) is 4.02. The van der Waals surface area contributed by atoms with Crippen LogP contribution in [-0.2, 0) is 14.3 Å². The zero-order valence-corrected chi connectivity index (χ0v) is 23.9. The van der Waals surface area contributed by atoms with Gasteiger partial charge < -0.3 is 20.3 Å². The van der Waals surface area contributed by atoms with Crippen LogP contribution in [0.4, 0.5) is 10.5 Å². The molecule has 0 aliphatic heterocycles. The monoisotopic (exact) mass is 509 g/mol. The van der Waals surface area contributed by atoms with Gasteiger partial charge in [0.1, 0.15) is 17.7 Å². The van der Waals surface area contributed by atoms with Gasteiger partial charge >= 0.3 is 6.09 Å². The molecule has 2 atom stereocenters. The van der Waals surface area contributed by atoms with E-state index in [0.29, 0.717) is 11.3 Å². The van der Waals surface area contributed by atoms with Crippen LogP contribution in [0, 0.1) is 19.8 Å². The number of ether oxygens (including phenoxy) is 1. The number of hydrogen-bond donors (Lipinski definition) is 2. The predicted octanol–water partition coefficient (Wildman–Crippen LogP) is 6.16. The molecule has 0 radical (unpaired) electrons. The van der Waals surface area contributed by atoms with Crippen molar-refractivity contribution in [1.29, 1.82) is 0 Å². The summed E-state index contributed by atoms with van der Waals surface area (Å²) in [6, 6.07) is 13.3. The first kappa shape index (κ1) is 29.9. The van der Waals surface area contributed by atoms with Crippen LogP contribution >= 0.6 is 0 Å². The van der Waals surface area contributed by atoms with Crippen LogP contribution in [-0.4, -0.2) is 40.0 Å². The van der Waals surface area contributed by atoms with Crippen LogP contribution in [0.15, 0.2) is 48.5 Å². The first-order chi connectivity index (χ1) is 17.0. The molecule has 2 N–H and O–H groups in total. The summed E-state index contributed by atoms with van der Waals surface area (Å²) in [7, 11) is 0. The highest BCUT2D eigenvalue weighted by molar-refractivity contribution is 5.99. The summed E-state index contributed by atoms with van der Waals surface area (Å²) in [5.74, 6) is -0.942. The summed E-state index contributed by atoms with van der Waals surface area (Å²) in [6.07, 6.45) is -0.676. The molecule has 3 amide bonds. The Labute approximate surface area is 222 Å². The summed E-state index contributed by atoms with van der Waals surface area (Å²) in [4.78, 5) is 42.4. The van der Waals surface area contributed by atoms with Crippen molar-refractivity contribution in [1.82, 2.24) is 10.2 Å².